The maximum absolute atomic E-state index is 14.3. The lowest BCUT2D eigenvalue weighted by Gasteiger charge is -2.44. The van der Waals surface area contributed by atoms with Gasteiger partial charge in [0.25, 0.3) is 0 Å². The number of rotatable bonds is 2. The molecular formula is C23H19ClF4N2O2. The molecule has 0 aliphatic heterocycles. The highest BCUT2D eigenvalue weighted by Crippen LogP contribution is 2.55. The van der Waals surface area contributed by atoms with Crippen LogP contribution in [0.15, 0.2) is 42.5 Å². The summed E-state index contributed by atoms with van der Waals surface area (Å²) in [5.41, 5.74) is -2.00. The Labute approximate surface area is 186 Å². The average molecular weight is 467 g/mol. The number of aromatic hydroxyl groups is 1. The van der Waals surface area contributed by atoms with Crippen LogP contribution in [0.2, 0.25) is 5.02 Å². The first kappa shape index (κ1) is 22.4. The Hall–Kier alpha value is -2.84. The minimum atomic E-state index is -5.05. The molecule has 1 aliphatic carbocycles. The van der Waals surface area contributed by atoms with Gasteiger partial charge in [-0.3, -0.25) is 4.98 Å². The average Bonchev–Trinajstić information content (AvgIpc) is 2.72. The van der Waals surface area contributed by atoms with E-state index in [1.54, 1.807) is 37.3 Å². The fraction of sp³-hybridized carbons (Fsp3) is 0.261. The van der Waals surface area contributed by atoms with E-state index in [4.69, 9.17) is 11.6 Å². The molecule has 168 valence electrons. The van der Waals surface area contributed by atoms with Gasteiger partial charge in [-0.25, -0.2) is 4.39 Å². The van der Waals surface area contributed by atoms with E-state index in [0.717, 1.165) is 11.8 Å². The van der Waals surface area contributed by atoms with Gasteiger partial charge in [0.2, 0.25) is 0 Å². The zero-order valence-electron chi connectivity index (χ0n) is 17.1. The number of halogens is 5. The summed E-state index contributed by atoms with van der Waals surface area (Å²) < 4.78 is 57.0. The topological polar surface area (TPSA) is 65.4 Å². The number of aryl methyl sites for hydroxylation is 1. The quantitative estimate of drug-likeness (QED) is 0.388. The lowest BCUT2D eigenvalue weighted by atomic mass is 9.72. The van der Waals surface area contributed by atoms with Crippen LogP contribution in [0.25, 0.3) is 16.5 Å². The number of benzene rings is 2. The molecule has 0 bridgehead atoms. The molecule has 0 amide bonds. The van der Waals surface area contributed by atoms with Gasteiger partial charge in [-0.15, -0.1) is 0 Å². The summed E-state index contributed by atoms with van der Waals surface area (Å²) >= 11 is 5.87. The molecule has 2 aromatic carbocycles. The fourth-order valence-electron chi connectivity index (χ4n) is 4.18. The Morgan fingerprint density at radius 1 is 1.25 bits per heavy atom. The lowest BCUT2D eigenvalue weighted by molar-refractivity contribution is -0.265. The van der Waals surface area contributed by atoms with Crippen molar-refractivity contribution in [3.8, 4) is 5.75 Å². The summed E-state index contributed by atoms with van der Waals surface area (Å²) in [7, 11) is 0. The molecular weight excluding hydrogens is 448 g/mol. The summed E-state index contributed by atoms with van der Waals surface area (Å²) in [6.07, 6.45) is -4.62. The molecule has 4 nitrogen and oxygen atoms in total. The number of hydrogen-bond acceptors (Lipinski definition) is 4. The van der Waals surface area contributed by atoms with E-state index in [9.17, 15) is 27.8 Å². The van der Waals surface area contributed by atoms with Crippen LogP contribution in [0, 0.1) is 12.7 Å². The second-order valence-corrected chi connectivity index (χ2v) is 8.21. The van der Waals surface area contributed by atoms with E-state index in [1.165, 1.54) is 13.0 Å². The third kappa shape index (κ3) is 3.38. The number of alkyl halides is 3. The molecule has 1 aromatic heterocycles. The van der Waals surface area contributed by atoms with Gasteiger partial charge < -0.3 is 15.5 Å². The highest BCUT2D eigenvalue weighted by atomic mass is 35.5. The zero-order valence-corrected chi connectivity index (χ0v) is 17.8. The van der Waals surface area contributed by atoms with E-state index >= 15 is 0 Å². The summed E-state index contributed by atoms with van der Waals surface area (Å²) in [5, 5.41) is 24.1. The Kier molecular flexibility index (Phi) is 5.33. The first-order valence-corrected chi connectivity index (χ1v) is 10.1. The molecule has 1 aliphatic rings. The van der Waals surface area contributed by atoms with Crippen molar-refractivity contribution >= 4 is 33.8 Å². The highest BCUT2D eigenvalue weighted by molar-refractivity contribution is 6.31. The molecule has 0 fully saturated rings. The van der Waals surface area contributed by atoms with Crippen molar-refractivity contribution in [1.82, 2.24) is 4.98 Å². The monoisotopic (exact) mass is 466 g/mol. The molecule has 3 N–H and O–H groups in total. The molecule has 3 aromatic rings. The predicted molar refractivity (Wildman–Crippen MR) is 115 cm³/mol. The number of phenols is 1. The summed E-state index contributed by atoms with van der Waals surface area (Å²) in [6.45, 7) is 3.24. The number of aromatic nitrogens is 1. The van der Waals surface area contributed by atoms with Gasteiger partial charge in [-0.2, -0.15) is 13.2 Å². The van der Waals surface area contributed by atoms with Gasteiger partial charge in [0.15, 0.2) is 17.2 Å². The van der Waals surface area contributed by atoms with Crippen molar-refractivity contribution in [3.05, 3.63) is 70.1 Å². The van der Waals surface area contributed by atoms with Crippen molar-refractivity contribution in [2.24, 2.45) is 0 Å². The largest absolute Gasteiger partial charge is 0.504 e. The number of fused-ring (bicyclic) bond motifs is 2. The van der Waals surface area contributed by atoms with Gasteiger partial charge >= 0.3 is 6.18 Å². The van der Waals surface area contributed by atoms with Gasteiger partial charge in [0, 0.05) is 28.8 Å². The summed E-state index contributed by atoms with van der Waals surface area (Å²) in [5.74, 6) is -1.99. The van der Waals surface area contributed by atoms with Gasteiger partial charge in [0.05, 0.1) is 16.6 Å². The Morgan fingerprint density at radius 3 is 2.62 bits per heavy atom. The Bertz CT molecular complexity index is 1260. The third-order valence-corrected chi connectivity index (χ3v) is 6.08. The van der Waals surface area contributed by atoms with Crippen LogP contribution in [0.1, 0.15) is 36.2 Å². The highest BCUT2D eigenvalue weighted by Gasteiger charge is 2.62. The van der Waals surface area contributed by atoms with E-state index in [2.05, 4.69) is 10.3 Å². The van der Waals surface area contributed by atoms with Crippen LogP contribution in [0.4, 0.5) is 23.2 Å². The normalized spacial score (nSPS) is 22.2. The Morgan fingerprint density at radius 2 is 1.97 bits per heavy atom. The van der Waals surface area contributed by atoms with Crippen LogP contribution in [-0.4, -0.2) is 27.0 Å². The smallest absolute Gasteiger partial charge is 0.419 e. The van der Waals surface area contributed by atoms with Crippen molar-refractivity contribution in [1.29, 1.82) is 0 Å². The number of hydrogen-bond donors (Lipinski definition) is 3. The second kappa shape index (κ2) is 7.64. The SMILES string of the molecule is C/C=C1\C[C@@](O)(C(F)(F)F)[C@@H](Nc2cccc3nc(C)ccc23)c2cc(Cl)c(F)c(O)c21. The van der Waals surface area contributed by atoms with Gasteiger partial charge in [-0.1, -0.05) is 23.7 Å². The molecule has 32 heavy (non-hydrogen) atoms. The van der Waals surface area contributed by atoms with Gasteiger partial charge in [0.1, 0.15) is 0 Å². The number of pyridine rings is 1. The van der Waals surface area contributed by atoms with Crippen LogP contribution in [0.5, 0.6) is 5.75 Å². The second-order valence-electron chi connectivity index (χ2n) is 7.80. The predicted octanol–water partition coefficient (Wildman–Crippen LogP) is 6.29. The lowest BCUT2D eigenvalue weighted by Crippen LogP contribution is -2.54. The van der Waals surface area contributed by atoms with Crippen LogP contribution in [0.3, 0.4) is 0 Å². The molecule has 2 atom stereocenters. The molecule has 1 heterocycles. The molecule has 4 rings (SSSR count). The van der Waals surface area contributed by atoms with Crippen molar-refractivity contribution in [2.75, 3.05) is 5.32 Å². The maximum atomic E-state index is 14.3. The van der Waals surface area contributed by atoms with E-state index in [-0.39, 0.29) is 22.4 Å². The minimum absolute atomic E-state index is 0.0406. The van der Waals surface area contributed by atoms with E-state index in [1.807, 2.05) is 0 Å². The minimum Gasteiger partial charge on any atom is -0.504 e. The van der Waals surface area contributed by atoms with Crippen LogP contribution < -0.4 is 5.32 Å². The number of phenolic OH excluding ortho intramolecular Hbond substituents is 1. The molecule has 0 saturated heterocycles. The number of aliphatic hydroxyl groups is 1. The summed E-state index contributed by atoms with van der Waals surface area (Å²) in [4.78, 5) is 4.38. The van der Waals surface area contributed by atoms with Crippen molar-refractivity contribution < 1.29 is 27.8 Å². The molecule has 9 heteroatoms. The molecule has 0 saturated carbocycles. The molecule has 0 spiro atoms. The maximum Gasteiger partial charge on any atom is 0.419 e. The first-order chi connectivity index (χ1) is 15.0. The van der Waals surface area contributed by atoms with E-state index in [0.29, 0.717) is 10.9 Å². The van der Waals surface area contributed by atoms with Crippen LogP contribution >= 0.6 is 11.6 Å². The zero-order chi connectivity index (χ0) is 23.4. The Balaban J connectivity index is 1.98. The third-order valence-electron chi connectivity index (χ3n) is 5.81. The standard InChI is InChI=1S/C23H19ClF4N2O2/c1-3-12-10-22(32,23(26,27)28)21(14-9-15(24)19(25)20(31)18(12)14)30-17-6-4-5-16-13(17)8-7-11(2)29-16/h3-9,21,30-32H,10H2,1-2H3/b12-3+/t21-,22-/m0/s1. The van der Waals surface area contributed by atoms with Crippen LogP contribution in [-0.2, 0) is 0 Å². The number of allylic oxidation sites excluding steroid dienone is 1. The van der Waals surface area contributed by atoms with Gasteiger partial charge in [-0.05, 0) is 55.3 Å². The molecule has 0 unspecified atom stereocenters. The summed E-state index contributed by atoms with van der Waals surface area (Å²) in [6, 6.07) is 7.56. The number of nitrogens with one attached hydrogen (secondary N) is 1. The molecule has 0 radical (unpaired) electrons. The van der Waals surface area contributed by atoms with E-state index < -0.39 is 40.8 Å². The number of nitrogens with zero attached hydrogens (tertiary/aromatic N) is 1. The van der Waals surface area contributed by atoms with Crippen molar-refractivity contribution in [2.45, 2.75) is 38.1 Å². The number of anilines is 1. The first-order valence-electron chi connectivity index (χ1n) is 9.76. The van der Waals surface area contributed by atoms with Crippen molar-refractivity contribution in [3.63, 3.8) is 0 Å². The fourth-order valence-corrected chi connectivity index (χ4v) is 4.39.